The predicted molar refractivity (Wildman–Crippen MR) is 111 cm³/mol. The lowest BCUT2D eigenvalue weighted by Gasteiger charge is -2.28. The van der Waals surface area contributed by atoms with E-state index in [0.717, 1.165) is 58.2 Å². The number of hydrogen-bond donors (Lipinski definition) is 1. The van der Waals surface area contributed by atoms with Gasteiger partial charge < -0.3 is 19.8 Å². The number of nitrogens with one attached hydrogen (secondary N) is 1. The molecule has 0 aliphatic carbocycles. The van der Waals surface area contributed by atoms with E-state index in [1.165, 1.54) is 19.3 Å². The van der Waals surface area contributed by atoms with Gasteiger partial charge in [-0.2, -0.15) is 0 Å². The standard InChI is InChI=1S/C20H20N4O.ClH.H2O/c1-13-21-16-12-15(18-11-14-7-3-4-8-17(14)25-18)23-19(16)20(22-13)24-9-5-2-6-10-24;;/h3-4,7-8,11-12,23H,2,5-6,9-10H2,1H3;1H;1H2. The first-order valence-corrected chi connectivity index (χ1v) is 8.89. The largest absolute Gasteiger partial charge is 0.455 e. The van der Waals surface area contributed by atoms with Crippen molar-refractivity contribution in [1.29, 1.82) is 0 Å². The van der Waals surface area contributed by atoms with Gasteiger partial charge >= 0.3 is 0 Å². The van der Waals surface area contributed by atoms with Crippen molar-refractivity contribution in [2.45, 2.75) is 26.2 Å². The molecule has 142 valence electrons. The Balaban J connectivity index is 0.00000105. The van der Waals surface area contributed by atoms with Gasteiger partial charge in [-0.05, 0) is 44.4 Å². The summed E-state index contributed by atoms with van der Waals surface area (Å²) in [7, 11) is 0. The summed E-state index contributed by atoms with van der Waals surface area (Å²) in [5.74, 6) is 2.66. The highest BCUT2D eigenvalue weighted by molar-refractivity contribution is 5.92. The van der Waals surface area contributed by atoms with E-state index in [2.05, 4.69) is 33.1 Å². The van der Waals surface area contributed by atoms with Crippen LogP contribution in [0.5, 0.6) is 0 Å². The number of H-pyrrole nitrogens is 1. The van der Waals surface area contributed by atoms with Gasteiger partial charge in [-0.1, -0.05) is 18.2 Å². The van der Waals surface area contributed by atoms with Crippen LogP contribution in [0.3, 0.4) is 0 Å². The summed E-state index contributed by atoms with van der Waals surface area (Å²) in [5, 5.41) is 1.11. The second-order valence-electron chi connectivity index (χ2n) is 6.73. The molecule has 1 aliphatic heterocycles. The van der Waals surface area contributed by atoms with Gasteiger partial charge in [0, 0.05) is 18.5 Å². The van der Waals surface area contributed by atoms with E-state index < -0.39 is 0 Å². The van der Waals surface area contributed by atoms with Gasteiger partial charge in [0.15, 0.2) is 11.6 Å². The number of anilines is 1. The normalized spacial score (nSPS) is 14.2. The molecule has 1 fully saturated rings. The summed E-state index contributed by atoms with van der Waals surface area (Å²) < 4.78 is 6.01. The first-order valence-electron chi connectivity index (χ1n) is 8.89. The average molecular weight is 387 g/mol. The molecular formula is C20H23ClN4O2. The number of para-hydroxylation sites is 1. The Hall–Kier alpha value is -2.57. The van der Waals surface area contributed by atoms with Gasteiger partial charge in [0.25, 0.3) is 0 Å². The molecular weight excluding hydrogens is 364 g/mol. The molecule has 6 nitrogen and oxygen atoms in total. The zero-order valence-electron chi connectivity index (χ0n) is 15.2. The zero-order chi connectivity index (χ0) is 16.8. The number of aromatic nitrogens is 3. The second kappa shape index (κ2) is 7.58. The number of aryl methyl sites for hydroxylation is 1. The zero-order valence-corrected chi connectivity index (χ0v) is 16.0. The highest BCUT2D eigenvalue weighted by Gasteiger charge is 2.19. The smallest absolute Gasteiger partial charge is 0.156 e. The van der Waals surface area contributed by atoms with Crippen LogP contribution in [-0.2, 0) is 0 Å². The number of benzene rings is 1. The van der Waals surface area contributed by atoms with Crippen LogP contribution in [0, 0.1) is 6.92 Å². The number of hydrogen-bond acceptors (Lipinski definition) is 4. The molecule has 0 bridgehead atoms. The quantitative estimate of drug-likeness (QED) is 0.557. The molecule has 4 heterocycles. The third-order valence-electron chi connectivity index (χ3n) is 4.92. The Morgan fingerprint density at radius 3 is 2.59 bits per heavy atom. The summed E-state index contributed by atoms with van der Waals surface area (Å²) in [5.41, 5.74) is 3.80. The first-order chi connectivity index (χ1) is 12.3. The van der Waals surface area contributed by atoms with Gasteiger partial charge in [0.1, 0.15) is 16.9 Å². The molecule has 0 atom stereocenters. The maximum atomic E-state index is 6.01. The van der Waals surface area contributed by atoms with E-state index in [1.807, 2.05) is 25.1 Å². The third-order valence-corrected chi connectivity index (χ3v) is 4.92. The van der Waals surface area contributed by atoms with Crippen molar-refractivity contribution < 1.29 is 9.89 Å². The Labute approximate surface area is 163 Å². The fourth-order valence-electron chi connectivity index (χ4n) is 3.69. The minimum absolute atomic E-state index is 0. The number of fused-ring (bicyclic) bond motifs is 2. The molecule has 1 aliphatic rings. The van der Waals surface area contributed by atoms with E-state index in [9.17, 15) is 0 Å². The molecule has 3 N–H and O–H groups in total. The van der Waals surface area contributed by atoms with Crippen LogP contribution in [0.2, 0.25) is 0 Å². The number of aromatic amines is 1. The van der Waals surface area contributed by atoms with E-state index >= 15 is 0 Å². The van der Waals surface area contributed by atoms with Crippen molar-refractivity contribution in [3.8, 4) is 11.5 Å². The van der Waals surface area contributed by atoms with E-state index in [0.29, 0.717) is 0 Å². The van der Waals surface area contributed by atoms with Crippen LogP contribution in [0.25, 0.3) is 33.5 Å². The summed E-state index contributed by atoms with van der Waals surface area (Å²) in [6, 6.07) is 12.2. The average Bonchev–Trinajstić information content (AvgIpc) is 3.25. The number of halogens is 1. The van der Waals surface area contributed by atoms with Crippen molar-refractivity contribution in [2.24, 2.45) is 0 Å². The van der Waals surface area contributed by atoms with E-state index in [1.54, 1.807) is 0 Å². The Kier molecular flexibility index (Phi) is 5.39. The van der Waals surface area contributed by atoms with Crippen molar-refractivity contribution in [1.82, 2.24) is 15.0 Å². The van der Waals surface area contributed by atoms with Gasteiger partial charge in [0.05, 0.1) is 11.2 Å². The molecule has 27 heavy (non-hydrogen) atoms. The van der Waals surface area contributed by atoms with E-state index in [4.69, 9.17) is 9.40 Å². The van der Waals surface area contributed by atoms with Crippen LogP contribution in [-0.4, -0.2) is 33.5 Å². The van der Waals surface area contributed by atoms with Gasteiger partial charge in [-0.3, -0.25) is 0 Å². The molecule has 0 radical (unpaired) electrons. The highest BCUT2D eigenvalue weighted by Crippen LogP contribution is 2.32. The summed E-state index contributed by atoms with van der Waals surface area (Å²) in [6.45, 7) is 4.08. The van der Waals surface area contributed by atoms with Crippen LogP contribution in [0.1, 0.15) is 25.1 Å². The van der Waals surface area contributed by atoms with Crippen molar-refractivity contribution >= 4 is 40.2 Å². The minimum atomic E-state index is 0. The first kappa shape index (κ1) is 19.2. The number of nitrogens with zero attached hydrogens (tertiary/aromatic N) is 3. The van der Waals surface area contributed by atoms with Crippen LogP contribution in [0.4, 0.5) is 5.82 Å². The number of furan rings is 1. The van der Waals surface area contributed by atoms with Crippen LogP contribution < -0.4 is 4.90 Å². The Morgan fingerprint density at radius 2 is 1.81 bits per heavy atom. The van der Waals surface area contributed by atoms with Gasteiger partial charge in [-0.25, -0.2) is 9.97 Å². The minimum Gasteiger partial charge on any atom is -0.455 e. The van der Waals surface area contributed by atoms with Crippen LogP contribution >= 0.6 is 12.4 Å². The molecule has 7 heteroatoms. The Bertz CT molecular complexity index is 1030. The Morgan fingerprint density at radius 1 is 1.04 bits per heavy atom. The lowest BCUT2D eigenvalue weighted by Crippen LogP contribution is -2.30. The van der Waals surface area contributed by atoms with Crippen molar-refractivity contribution in [3.05, 3.63) is 42.2 Å². The van der Waals surface area contributed by atoms with Gasteiger partial charge in [-0.15, -0.1) is 12.4 Å². The number of piperidine rings is 1. The van der Waals surface area contributed by atoms with Gasteiger partial charge in [0.2, 0.25) is 0 Å². The molecule has 1 aromatic carbocycles. The fourth-order valence-corrected chi connectivity index (χ4v) is 3.69. The van der Waals surface area contributed by atoms with Crippen LogP contribution in [0.15, 0.2) is 40.8 Å². The highest BCUT2D eigenvalue weighted by atomic mass is 35.5. The fraction of sp³-hybridized carbons (Fsp3) is 0.300. The summed E-state index contributed by atoms with van der Waals surface area (Å²) >= 11 is 0. The molecule has 0 saturated carbocycles. The lowest BCUT2D eigenvalue weighted by molar-refractivity contribution is 0.574. The third kappa shape index (κ3) is 3.38. The van der Waals surface area contributed by atoms with E-state index in [-0.39, 0.29) is 17.9 Å². The molecule has 5 rings (SSSR count). The van der Waals surface area contributed by atoms with Crippen molar-refractivity contribution in [3.63, 3.8) is 0 Å². The molecule has 3 aromatic heterocycles. The molecule has 0 amide bonds. The maximum Gasteiger partial charge on any atom is 0.156 e. The maximum absolute atomic E-state index is 6.01. The SMILES string of the molecule is Cc1nc(N2CCCCC2)c2[nH]c(-c3cc4ccccc4o3)cc2n1.Cl.O. The molecule has 4 aromatic rings. The monoisotopic (exact) mass is 386 g/mol. The number of rotatable bonds is 2. The molecule has 0 unspecified atom stereocenters. The second-order valence-corrected chi connectivity index (χ2v) is 6.73. The topological polar surface area (TPSA) is 89.5 Å². The predicted octanol–water partition coefficient (Wildman–Crippen LogP) is 4.27. The lowest BCUT2D eigenvalue weighted by atomic mass is 10.1. The molecule has 1 saturated heterocycles. The van der Waals surface area contributed by atoms with Crippen molar-refractivity contribution in [2.75, 3.05) is 18.0 Å². The molecule has 0 spiro atoms. The summed E-state index contributed by atoms with van der Waals surface area (Å²) in [6.07, 6.45) is 3.75. The summed E-state index contributed by atoms with van der Waals surface area (Å²) in [4.78, 5) is 15.2.